The van der Waals surface area contributed by atoms with E-state index in [0.29, 0.717) is 18.5 Å². The Morgan fingerprint density at radius 2 is 1.76 bits per heavy atom. The fourth-order valence-electron chi connectivity index (χ4n) is 2.18. The predicted octanol–water partition coefficient (Wildman–Crippen LogP) is 2.49. The summed E-state index contributed by atoms with van der Waals surface area (Å²) in [6, 6.07) is 4.26. The zero-order chi connectivity index (χ0) is 19.2. The van der Waals surface area contributed by atoms with E-state index in [2.05, 4.69) is 10.6 Å². The molecule has 0 aliphatic heterocycles. The molecule has 0 fully saturated rings. The van der Waals surface area contributed by atoms with E-state index in [9.17, 15) is 19.5 Å². The van der Waals surface area contributed by atoms with Gasteiger partial charge < -0.3 is 15.7 Å². The first-order valence-corrected chi connectivity index (χ1v) is 8.40. The van der Waals surface area contributed by atoms with Crippen molar-refractivity contribution in [2.45, 2.75) is 53.5 Å². The third kappa shape index (κ3) is 6.57. The minimum atomic E-state index is -1.10. The van der Waals surface area contributed by atoms with Gasteiger partial charge >= 0.3 is 5.97 Å². The van der Waals surface area contributed by atoms with Gasteiger partial charge in [-0.25, -0.2) is 4.79 Å². The van der Waals surface area contributed by atoms with Gasteiger partial charge in [0.2, 0.25) is 11.8 Å². The number of nitrogens with one attached hydrogen (secondary N) is 2. The lowest BCUT2D eigenvalue weighted by atomic mass is 9.96. The van der Waals surface area contributed by atoms with Crippen LogP contribution in [0.5, 0.6) is 0 Å². The summed E-state index contributed by atoms with van der Waals surface area (Å²) >= 11 is 0. The molecule has 0 aromatic heterocycles. The van der Waals surface area contributed by atoms with Crippen LogP contribution in [0.3, 0.4) is 0 Å². The van der Waals surface area contributed by atoms with E-state index < -0.39 is 17.4 Å². The molecular formula is C19H28N2O4. The van der Waals surface area contributed by atoms with Gasteiger partial charge in [0.1, 0.15) is 0 Å². The first-order valence-electron chi connectivity index (χ1n) is 8.40. The molecule has 1 unspecified atom stereocenters. The summed E-state index contributed by atoms with van der Waals surface area (Å²) in [7, 11) is 0. The van der Waals surface area contributed by atoms with Crippen LogP contribution in [0.2, 0.25) is 0 Å². The Hall–Kier alpha value is -2.37. The van der Waals surface area contributed by atoms with E-state index in [0.717, 1.165) is 11.1 Å². The van der Waals surface area contributed by atoms with E-state index >= 15 is 0 Å². The number of hydrogen-bond donors (Lipinski definition) is 3. The van der Waals surface area contributed by atoms with Crippen molar-refractivity contribution in [3.05, 3.63) is 34.9 Å². The summed E-state index contributed by atoms with van der Waals surface area (Å²) in [5, 5.41) is 14.7. The van der Waals surface area contributed by atoms with E-state index in [1.54, 1.807) is 12.1 Å². The Morgan fingerprint density at radius 1 is 1.12 bits per heavy atom. The number of amides is 2. The van der Waals surface area contributed by atoms with Crippen molar-refractivity contribution in [1.82, 2.24) is 10.6 Å². The average Bonchev–Trinajstić information content (AvgIpc) is 2.50. The average molecular weight is 348 g/mol. The van der Waals surface area contributed by atoms with Gasteiger partial charge in [0, 0.05) is 18.4 Å². The van der Waals surface area contributed by atoms with Gasteiger partial charge in [-0.1, -0.05) is 39.0 Å². The molecule has 0 aliphatic carbocycles. The van der Waals surface area contributed by atoms with Crippen LogP contribution in [0.4, 0.5) is 0 Å². The van der Waals surface area contributed by atoms with E-state index in [1.807, 2.05) is 40.7 Å². The molecule has 1 aromatic carbocycles. The largest absolute Gasteiger partial charge is 0.479 e. The highest BCUT2D eigenvalue weighted by atomic mass is 16.4. The van der Waals surface area contributed by atoms with Gasteiger partial charge in [-0.2, -0.15) is 0 Å². The van der Waals surface area contributed by atoms with Crippen molar-refractivity contribution < 1.29 is 19.5 Å². The molecule has 0 bridgehead atoms. The van der Waals surface area contributed by atoms with Crippen LogP contribution in [-0.4, -0.2) is 29.4 Å². The smallest absolute Gasteiger partial charge is 0.330 e. The van der Waals surface area contributed by atoms with Gasteiger partial charge in [-0.05, 0) is 37.0 Å². The molecule has 0 heterocycles. The van der Waals surface area contributed by atoms with Crippen LogP contribution < -0.4 is 10.6 Å². The first kappa shape index (κ1) is 20.7. The lowest BCUT2D eigenvalue weighted by Gasteiger charge is -2.18. The number of aliphatic carboxylic acids is 1. The Morgan fingerprint density at radius 3 is 2.28 bits per heavy atom. The van der Waals surface area contributed by atoms with Gasteiger partial charge in [0.25, 0.3) is 0 Å². The molecule has 1 rings (SSSR count). The zero-order valence-electron chi connectivity index (χ0n) is 15.6. The van der Waals surface area contributed by atoms with Crippen LogP contribution in [-0.2, 0) is 14.4 Å². The number of aryl methyl sites for hydroxylation is 2. The van der Waals surface area contributed by atoms with Crippen molar-refractivity contribution in [3.8, 4) is 0 Å². The van der Waals surface area contributed by atoms with Crippen molar-refractivity contribution in [1.29, 1.82) is 0 Å². The lowest BCUT2D eigenvalue weighted by Crippen LogP contribution is -2.36. The van der Waals surface area contributed by atoms with Crippen molar-refractivity contribution in [2.24, 2.45) is 5.41 Å². The second-order valence-electron chi connectivity index (χ2n) is 7.29. The minimum absolute atomic E-state index is 0.0774. The highest BCUT2D eigenvalue weighted by molar-refractivity contribution is 5.84. The topological polar surface area (TPSA) is 95.5 Å². The van der Waals surface area contributed by atoms with Crippen LogP contribution in [0.1, 0.15) is 56.3 Å². The number of carboxylic acid groups (broad SMARTS) is 1. The second kappa shape index (κ2) is 8.65. The predicted molar refractivity (Wildman–Crippen MR) is 96.1 cm³/mol. The second-order valence-corrected chi connectivity index (χ2v) is 7.29. The molecular weight excluding hydrogens is 320 g/mol. The fraction of sp³-hybridized carbons (Fsp3) is 0.526. The Kier molecular flexibility index (Phi) is 7.15. The van der Waals surface area contributed by atoms with Crippen LogP contribution >= 0.6 is 0 Å². The molecule has 6 nitrogen and oxygen atoms in total. The molecule has 0 saturated carbocycles. The monoisotopic (exact) mass is 348 g/mol. The van der Waals surface area contributed by atoms with Crippen molar-refractivity contribution in [3.63, 3.8) is 0 Å². The Balaban J connectivity index is 2.56. The maximum Gasteiger partial charge on any atom is 0.330 e. The van der Waals surface area contributed by atoms with Crippen LogP contribution in [0.25, 0.3) is 0 Å². The van der Waals surface area contributed by atoms with Crippen LogP contribution in [0, 0.1) is 19.3 Å². The number of carbonyl (C=O) groups excluding carboxylic acids is 2. The molecule has 0 radical (unpaired) electrons. The molecule has 25 heavy (non-hydrogen) atoms. The standard InChI is InChI=1S/C19H28N2O4/c1-12-8-9-14(11-13(12)2)16(17(23)24)21-15(22)7-6-10-20-18(25)19(3,4)5/h8-9,11,16H,6-7,10H2,1-5H3,(H,20,25)(H,21,22)(H,23,24). The van der Waals surface area contributed by atoms with Gasteiger partial charge in [0.05, 0.1) is 0 Å². The maximum atomic E-state index is 12.0. The Bertz CT molecular complexity index is 647. The molecule has 138 valence electrons. The van der Waals surface area contributed by atoms with E-state index in [1.165, 1.54) is 0 Å². The molecule has 0 aliphatic rings. The summed E-state index contributed by atoms with van der Waals surface area (Å²) in [5.74, 6) is -1.53. The first-order chi connectivity index (χ1) is 11.5. The SMILES string of the molecule is Cc1ccc(C(NC(=O)CCCNC(=O)C(C)(C)C)C(=O)O)cc1C. The summed E-state index contributed by atoms with van der Waals surface area (Å²) in [4.78, 5) is 35.3. The van der Waals surface area contributed by atoms with Crippen LogP contribution in [0.15, 0.2) is 18.2 Å². The van der Waals surface area contributed by atoms with Gasteiger partial charge in [-0.15, -0.1) is 0 Å². The number of benzene rings is 1. The van der Waals surface area contributed by atoms with Gasteiger partial charge in [0.15, 0.2) is 6.04 Å². The highest BCUT2D eigenvalue weighted by Gasteiger charge is 2.23. The number of hydrogen-bond acceptors (Lipinski definition) is 3. The minimum Gasteiger partial charge on any atom is -0.479 e. The molecule has 1 aromatic rings. The number of rotatable bonds is 7. The van der Waals surface area contributed by atoms with Gasteiger partial charge in [-0.3, -0.25) is 9.59 Å². The number of carbonyl (C=O) groups is 3. The molecule has 6 heteroatoms. The summed E-state index contributed by atoms with van der Waals surface area (Å²) in [6.45, 7) is 9.67. The van der Waals surface area contributed by atoms with E-state index in [-0.39, 0.29) is 18.2 Å². The molecule has 0 saturated heterocycles. The quantitative estimate of drug-likeness (QED) is 0.660. The third-order valence-electron chi connectivity index (χ3n) is 3.96. The zero-order valence-corrected chi connectivity index (χ0v) is 15.6. The molecule has 0 spiro atoms. The molecule has 2 amide bonds. The summed E-state index contributed by atoms with van der Waals surface area (Å²) < 4.78 is 0. The van der Waals surface area contributed by atoms with Crippen molar-refractivity contribution in [2.75, 3.05) is 6.54 Å². The van der Waals surface area contributed by atoms with Crippen molar-refractivity contribution >= 4 is 17.8 Å². The normalized spacial score (nSPS) is 12.4. The summed E-state index contributed by atoms with van der Waals surface area (Å²) in [6.07, 6.45) is 0.603. The maximum absolute atomic E-state index is 12.0. The fourth-order valence-corrected chi connectivity index (χ4v) is 2.18. The highest BCUT2D eigenvalue weighted by Crippen LogP contribution is 2.18. The third-order valence-corrected chi connectivity index (χ3v) is 3.96. The Labute approximate surface area is 149 Å². The number of carboxylic acids is 1. The summed E-state index contributed by atoms with van der Waals surface area (Å²) in [5.41, 5.74) is 2.11. The molecule has 3 N–H and O–H groups in total. The molecule has 1 atom stereocenters. The lowest BCUT2D eigenvalue weighted by molar-refractivity contribution is -0.142. The van der Waals surface area contributed by atoms with E-state index in [4.69, 9.17) is 0 Å².